The summed E-state index contributed by atoms with van der Waals surface area (Å²) in [5.74, 6) is -0.322. The number of aromatic nitrogens is 1. The van der Waals surface area contributed by atoms with Crippen LogP contribution in [0, 0.1) is 5.92 Å². The smallest absolute Gasteiger partial charge is 0.333 e. The molecule has 0 radical (unpaired) electrons. The minimum atomic E-state index is -0.870. The molecule has 2 aromatic rings. The number of carbonyl (C=O) groups excluding carboxylic acids is 3. The largest absolute Gasteiger partial charge is 0.467 e. The lowest BCUT2D eigenvalue weighted by atomic mass is 10.0. The van der Waals surface area contributed by atoms with E-state index in [9.17, 15) is 14.4 Å². The van der Waals surface area contributed by atoms with Gasteiger partial charge in [-0.25, -0.2) is 9.78 Å². The van der Waals surface area contributed by atoms with Crippen LogP contribution in [0.25, 0.3) is 0 Å². The molecule has 8 nitrogen and oxygen atoms in total. The summed E-state index contributed by atoms with van der Waals surface area (Å²) in [5, 5.41) is 6.08. The normalized spacial score (nSPS) is 17.7. The maximum absolute atomic E-state index is 12.9. The molecular weight excluding hydrogens is 444 g/mol. The van der Waals surface area contributed by atoms with Crippen LogP contribution >= 0.6 is 12.4 Å². The van der Waals surface area contributed by atoms with E-state index in [0.29, 0.717) is 25.1 Å². The summed E-state index contributed by atoms with van der Waals surface area (Å²) in [6, 6.07) is 12.1. The number of aryl methyl sites for hydroxylation is 1. The van der Waals surface area contributed by atoms with E-state index < -0.39 is 12.0 Å². The van der Waals surface area contributed by atoms with Crippen LogP contribution in [0.15, 0.2) is 42.5 Å². The molecule has 1 fully saturated rings. The third-order valence-electron chi connectivity index (χ3n) is 6.05. The Bertz CT molecular complexity index is 1000. The number of pyridine rings is 1. The number of methoxy groups -OCH3 is 1. The number of hydrogen-bond donors (Lipinski definition) is 2. The van der Waals surface area contributed by atoms with Gasteiger partial charge in [0.1, 0.15) is 5.82 Å². The standard InChI is InChI=1S/C24H28N4O4.ClH/c1-32-24(31)21(16-6-3-2-4-7-16)27-23(30)18-11-13-28(15-18)20(29)14-19-10-9-17-8-5-12-25-22(17)26-19;/h2-4,6-7,9-10,18,21H,5,8,11-15H2,1H3,(H,25,26)(H,27,30);1H. The zero-order valence-corrected chi connectivity index (χ0v) is 19.4. The highest BCUT2D eigenvalue weighted by Crippen LogP contribution is 2.23. The van der Waals surface area contributed by atoms with Gasteiger partial charge in [0.15, 0.2) is 6.04 Å². The first-order chi connectivity index (χ1) is 15.5. The number of nitrogens with zero attached hydrogens (tertiary/aromatic N) is 2. The number of likely N-dealkylation sites (tertiary alicyclic amines) is 1. The Morgan fingerprint density at radius 1 is 1.21 bits per heavy atom. The summed E-state index contributed by atoms with van der Waals surface area (Å²) in [7, 11) is 1.30. The monoisotopic (exact) mass is 472 g/mol. The first-order valence-electron chi connectivity index (χ1n) is 11.0. The molecule has 0 spiro atoms. The van der Waals surface area contributed by atoms with E-state index in [1.54, 1.807) is 29.2 Å². The summed E-state index contributed by atoms with van der Waals surface area (Å²) >= 11 is 0. The molecule has 33 heavy (non-hydrogen) atoms. The number of benzene rings is 1. The average Bonchev–Trinajstić information content (AvgIpc) is 3.33. The Morgan fingerprint density at radius 3 is 2.76 bits per heavy atom. The number of carbonyl (C=O) groups is 3. The van der Waals surface area contributed by atoms with Crippen LogP contribution in [0.5, 0.6) is 0 Å². The summed E-state index contributed by atoms with van der Waals surface area (Å²) in [6.45, 7) is 1.74. The van der Waals surface area contributed by atoms with Crippen LogP contribution in [0.2, 0.25) is 0 Å². The molecule has 1 aromatic carbocycles. The Balaban J connectivity index is 0.00000306. The maximum atomic E-state index is 12.9. The van der Waals surface area contributed by atoms with Gasteiger partial charge in [-0.15, -0.1) is 12.4 Å². The first kappa shape index (κ1) is 24.5. The highest BCUT2D eigenvalue weighted by Gasteiger charge is 2.34. The van der Waals surface area contributed by atoms with E-state index in [0.717, 1.165) is 30.9 Å². The topological polar surface area (TPSA) is 101 Å². The Morgan fingerprint density at radius 2 is 2.00 bits per heavy atom. The zero-order valence-electron chi connectivity index (χ0n) is 18.6. The Labute approximate surface area is 199 Å². The lowest BCUT2D eigenvalue weighted by Gasteiger charge is -2.20. The second-order valence-electron chi connectivity index (χ2n) is 8.22. The number of nitrogens with one attached hydrogen (secondary N) is 2. The van der Waals surface area contributed by atoms with Gasteiger partial charge in [-0.2, -0.15) is 0 Å². The van der Waals surface area contributed by atoms with Gasteiger partial charge < -0.3 is 20.3 Å². The zero-order chi connectivity index (χ0) is 22.5. The Hall–Kier alpha value is -3.13. The molecule has 0 aliphatic carbocycles. The van der Waals surface area contributed by atoms with E-state index in [1.165, 1.54) is 12.7 Å². The molecule has 2 aliphatic heterocycles. The van der Waals surface area contributed by atoms with Crippen molar-refractivity contribution >= 4 is 36.0 Å². The van der Waals surface area contributed by atoms with Crippen molar-refractivity contribution in [2.45, 2.75) is 31.7 Å². The van der Waals surface area contributed by atoms with Gasteiger partial charge in [0.05, 0.1) is 25.1 Å². The fraction of sp³-hybridized carbons (Fsp3) is 0.417. The number of halogens is 1. The summed E-state index contributed by atoms with van der Waals surface area (Å²) in [5.41, 5.74) is 2.57. The van der Waals surface area contributed by atoms with Gasteiger partial charge in [0.25, 0.3) is 0 Å². The molecule has 3 heterocycles. The van der Waals surface area contributed by atoms with Gasteiger partial charge >= 0.3 is 5.97 Å². The highest BCUT2D eigenvalue weighted by molar-refractivity contribution is 5.88. The molecule has 1 saturated heterocycles. The number of ether oxygens (including phenoxy) is 1. The SMILES string of the molecule is COC(=O)C(NC(=O)C1CCN(C(=O)Cc2ccc3c(n2)NCCC3)C1)c1ccccc1.Cl. The number of fused-ring (bicyclic) bond motifs is 1. The molecule has 0 bridgehead atoms. The van der Waals surface area contributed by atoms with Gasteiger partial charge in [0.2, 0.25) is 11.8 Å². The van der Waals surface area contributed by atoms with E-state index in [2.05, 4.69) is 15.6 Å². The van der Waals surface area contributed by atoms with Crippen LogP contribution in [0.1, 0.15) is 35.7 Å². The van der Waals surface area contributed by atoms with Crippen molar-refractivity contribution in [1.29, 1.82) is 0 Å². The van der Waals surface area contributed by atoms with Crippen LogP contribution in [-0.4, -0.2) is 54.4 Å². The van der Waals surface area contributed by atoms with Gasteiger partial charge in [-0.1, -0.05) is 36.4 Å². The van der Waals surface area contributed by atoms with E-state index in [1.807, 2.05) is 18.2 Å². The van der Waals surface area contributed by atoms with Gasteiger partial charge in [0, 0.05) is 19.6 Å². The summed E-state index contributed by atoms with van der Waals surface area (Å²) in [4.78, 5) is 44.2. The van der Waals surface area contributed by atoms with Crippen molar-refractivity contribution in [2.24, 2.45) is 5.92 Å². The van der Waals surface area contributed by atoms with Crippen molar-refractivity contribution in [3.8, 4) is 0 Å². The van der Waals surface area contributed by atoms with E-state index in [4.69, 9.17) is 4.74 Å². The van der Waals surface area contributed by atoms with Crippen LogP contribution in [-0.2, 0) is 32.0 Å². The predicted octanol–water partition coefficient (Wildman–Crippen LogP) is 2.28. The lowest BCUT2D eigenvalue weighted by molar-refractivity contribution is -0.145. The van der Waals surface area contributed by atoms with Crippen molar-refractivity contribution in [3.63, 3.8) is 0 Å². The quantitative estimate of drug-likeness (QED) is 0.625. The van der Waals surface area contributed by atoms with E-state index in [-0.39, 0.29) is 36.6 Å². The highest BCUT2D eigenvalue weighted by atomic mass is 35.5. The number of esters is 1. The predicted molar refractivity (Wildman–Crippen MR) is 126 cm³/mol. The second-order valence-corrected chi connectivity index (χ2v) is 8.22. The van der Waals surface area contributed by atoms with Crippen LogP contribution in [0.3, 0.4) is 0 Å². The summed E-state index contributed by atoms with van der Waals surface area (Å²) in [6.07, 6.45) is 2.85. The molecule has 2 atom stereocenters. The second kappa shape index (κ2) is 11.1. The van der Waals surface area contributed by atoms with Crippen molar-refractivity contribution in [2.75, 3.05) is 32.1 Å². The Kier molecular flexibility index (Phi) is 8.27. The van der Waals surface area contributed by atoms with Crippen LogP contribution < -0.4 is 10.6 Å². The molecule has 2 amide bonds. The van der Waals surface area contributed by atoms with Crippen molar-refractivity contribution in [1.82, 2.24) is 15.2 Å². The fourth-order valence-corrected chi connectivity index (χ4v) is 4.24. The molecule has 2 unspecified atom stereocenters. The third kappa shape index (κ3) is 5.82. The molecule has 0 saturated carbocycles. The molecule has 4 rings (SSSR count). The lowest BCUT2D eigenvalue weighted by Crippen LogP contribution is -2.40. The molecule has 9 heteroatoms. The molecular formula is C24H29ClN4O4. The van der Waals surface area contributed by atoms with Crippen molar-refractivity contribution < 1.29 is 19.1 Å². The number of anilines is 1. The minimum Gasteiger partial charge on any atom is -0.467 e. The molecule has 1 aromatic heterocycles. The first-order valence-corrected chi connectivity index (χ1v) is 11.0. The summed E-state index contributed by atoms with van der Waals surface area (Å²) < 4.78 is 4.87. The third-order valence-corrected chi connectivity index (χ3v) is 6.05. The molecule has 2 aliphatic rings. The number of rotatable bonds is 6. The minimum absolute atomic E-state index is 0. The number of hydrogen-bond acceptors (Lipinski definition) is 6. The van der Waals surface area contributed by atoms with Crippen LogP contribution in [0.4, 0.5) is 5.82 Å². The molecule has 2 N–H and O–H groups in total. The molecule has 176 valence electrons. The maximum Gasteiger partial charge on any atom is 0.333 e. The van der Waals surface area contributed by atoms with E-state index >= 15 is 0 Å². The average molecular weight is 473 g/mol. The van der Waals surface area contributed by atoms with Gasteiger partial charge in [-0.3, -0.25) is 9.59 Å². The van der Waals surface area contributed by atoms with Crippen molar-refractivity contribution in [3.05, 3.63) is 59.3 Å². The van der Waals surface area contributed by atoms with Gasteiger partial charge in [-0.05, 0) is 36.5 Å². The fourth-order valence-electron chi connectivity index (χ4n) is 4.24. The number of amides is 2.